The lowest BCUT2D eigenvalue weighted by molar-refractivity contribution is 0.220. The van der Waals surface area contributed by atoms with Crippen molar-refractivity contribution in [2.75, 3.05) is 45.9 Å². The number of piperidine rings is 2. The molecule has 14 nitrogen and oxygen atoms in total. The van der Waals surface area contributed by atoms with Gasteiger partial charge in [-0.25, -0.2) is 27.8 Å². The van der Waals surface area contributed by atoms with E-state index in [1.165, 1.54) is 12.1 Å². The molecule has 0 bridgehead atoms. The molecule has 2 fully saturated rings. The first-order valence-corrected chi connectivity index (χ1v) is 21.5. The molecule has 2 aliphatic rings. The average Bonchev–Trinajstić information content (AvgIpc) is 3.88. The summed E-state index contributed by atoms with van der Waals surface area (Å²) in [6.45, 7) is 11.0. The molecule has 3 N–H and O–H groups in total. The monoisotopic (exact) mass is 840 g/mol. The average molecular weight is 841 g/mol. The van der Waals surface area contributed by atoms with E-state index >= 15 is 8.78 Å². The first-order valence-electron chi connectivity index (χ1n) is 21.5. The first kappa shape index (κ1) is 41.4. The van der Waals surface area contributed by atoms with Crippen LogP contribution in [0.2, 0.25) is 0 Å². The van der Waals surface area contributed by atoms with Gasteiger partial charge in [-0.3, -0.25) is 0 Å². The van der Waals surface area contributed by atoms with Crippen molar-refractivity contribution in [2.24, 2.45) is 0 Å². The third-order valence-corrected chi connectivity index (χ3v) is 12.2. The van der Waals surface area contributed by atoms with Gasteiger partial charge in [-0.15, -0.1) is 0 Å². The maximum Gasteiger partial charge on any atom is 0.157 e. The number of imidazole rings is 2. The first-order chi connectivity index (χ1) is 30.2. The van der Waals surface area contributed by atoms with E-state index < -0.39 is 0 Å². The minimum Gasteiger partial charge on any atom is -0.396 e. The Balaban J connectivity index is 0.000000158. The lowest BCUT2D eigenvalue weighted by Gasteiger charge is -2.30. The lowest BCUT2D eigenvalue weighted by atomic mass is 9.92. The zero-order chi connectivity index (χ0) is 42.9. The predicted molar refractivity (Wildman–Crippen MR) is 233 cm³/mol. The molecule has 0 spiro atoms. The summed E-state index contributed by atoms with van der Waals surface area (Å²) < 4.78 is 33.7. The molecule has 62 heavy (non-hydrogen) atoms. The van der Waals surface area contributed by atoms with E-state index in [4.69, 9.17) is 0 Å². The van der Waals surface area contributed by atoms with Crippen LogP contribution in [0.4, 0.5) is 8.78 Å². The van der Waals surface area contributed by atoms with Gasteiger partial charge in [-0.1, -0.05) is 6.92 Å². The largest absolute Gasteiger partial charge is 0.396 e. The number of aryl methyl sites for hydroxylation is 2. The minimum absolute atomic E-state index is 0.00203. The van der Waals surface area contributed by atoms with Gasteiger partial charge in [0.05, 0.1) is 57.6 Å². The van der Waals surface area contributed by atoms with Crippen LogP contribution in [-0.4, -0.2) is 111 Å². The van der Waals surface area contributed by atoms with Gasteiger partial charge in [0.1, 0.15) is 11.6 Å². The van der Waals surface area contributed by atoms with Crippen molar-refractivity contribution in [1.29, 1.82) is 0 Å². The van der Waals surface area contributed by atoms with E-state index in [1.807, 2.05) is 62.6 Å². The van der Waals surface area contributed by atoms with Crippen LogP contribution in [0.3, 0.4) is 0 Å². The normalized spacial score (nSPS) is 15.5. The molecule has 0 amide bonds. The maximum atomic E-state index is 15.2. The summed E-state index contributed by atoms with van der Waals surface area (Å²) in [4.78, 5) is 11.4. The van der Waals surface area contributed by atoms with E-state index in [2.05, 4.69) is 57.7 Å². The van der Waals surface area contributed by atoms with Gasteiger partial charge in [0.2, 0.25) is 0 Å². The quantitative estimate of drug-likeness (QED) is 0.149. The molecule has 2 aromatic carbocycles. The van der Waals surface area contributed by atoms with E-state index in [0.29, 0.717) is 80.3 Å². The topological polar surface area (TPSA) is 168 Å². The molecular formula is C46H50F2N12O2. The van der Waals surface area contributed by atoms with Gasteiger partial charge in [0.15, 0.2) is 11.3 Å². The highest BCUT2D eigenvalue weighted by molar-refractivity contribution is 5.85. The fourth-order valence-corrected chi connectivity index (χ4v) is 8.79. The Morgan fingerprint density at radius 2 is 1.10 bits per heavy atom. The number of benzene rings is 2. The molecule has 320 valence electrons. The number of rotatable bonds is 9. The van der Waals surface area contributed by atoms with Crippen molar-refractivity contribution < 1.29 is 19.0 Å². The minimum atomic E-state index is -0.333. The third-order valence-electron chi connectivity index (χ3n) is 12.2. The molecule has 0 saturated carbocycles. The van der Waals surface area contributed by atoms with Crippen LogP contribution in [-0.2, 0) is 12.8 Å². The second-order valence-corrected chi connectivity index (χ2v) is 16.4. The van der Waals surface area contributed by atoms with E-state index in [0.717, 1.165) is 92.3 Å². The Bertz CT molecular complexity index is 2900. The van der Waals surface area contributed by atoms with Crippen molar-refractivity contribution in [3.8, 4) is 22.5 Å². The number of likely N-dealkylation sites (tertiary alicyclic amines) is 1. The van der Waals surface area contributed by atoms with E-state index in [-0.39, 0.29) is 24.8 Å². The van der Waals surface area contributed by atoms with Crippen LogP contribution in [0.25, 0.3) is 55.6 Å². The standard InChI is InChI=1S/C24H27FN6O.C22H23FN6O/c1-3-30-7-4-16(5-8-30)21-13-19-20(25)10-18(12-23(19)28-27-21)22-11-17(6-9-32)24-26-15(2)14-31(24)29-22;1-13-12-29-22(25-13)15(4-7-30)9-20(28-29)16-8-18(23)17-11-19(26-27-21(17)10-16)14-2-5-24-6-3-14/h10-14,16,32H,3-9H2,1-2H3;8-12,14,24,30H,2-7H2,1H3. The summed E-state index contributed by atoms with van der Waals surface area (Å²) in [6, 6.07) is 14.1. The molecule has 16 heteroatoms. The number of nitrogens with zero attached hydrogens (tertiary/aromatic N) is 11. The molecule has 8 aromatic rings. The van der Waals surface area contributed by atoms with Crippen LogP contribution in [0, 0.1) is 25.5 Å². The summed E-state index contributed by atoms with van der Waals surface area (Å²) in [5, 5.41) is 50.0. The van der Waals surface area contributed by atoms with E-state index in [1.54, 1.807) is 9.03 Å². The van der Waals surface area contributed by atoms with Crippen molar-refractivity contribution in [3.63, 3.8) is 0 Å². The van der Waals surface area contributed by atoms with Crippen molar-refractivity contribution in [1.82, 2.24) is 59.8 Å². The van der Waals surface area contributed by atoms with Gasteiger partial charge >= 0.3 is 0 Å². The zero-order valence-electron chi connectivity index (χ0n) is 35.2. The number of halogens is 2. The molecule has 0 atom stereocenters. The second-order valence-electron chi connectivity index (χ2n) is 16.4. The van der Waals surface area contributed by atoms with Gasteiger partial charge in [0, 0.05) is 58.1 Å². The van der Waals surface area contributed by atoms with Crippen molar-refractivity contribution in [2.45, 2.75) is 71.1 Å². The summed E-state index contributed by atoms with van der Waals surface area (Å²) in [7, 11) is 0. The summed E-state index contributed by atoms with van der Waals surface area (Å²) in [5.41, 5.74) is 10.0. The number of aromatic nitrogens is 10. The van der Waals surface area contributed by atoms with Crippen LogP contribution < -0.4 is 5.32 Å². The highest BCUT2D eigenvalue weighted by Gasteiger charge is 2.23. The Hall–Kier alpha value is -5.94. The fourth-order valence-electron chi connectivity index (χ4n) is 8.79. The Labute approximate surface area is 357 Å². The SMILES string of the molecule is CCN1CCC(c2cc3c(F)cc(-c4cc(CCO)c5nc(C)cn5n4)cc3nn2)CC1.Cc1cn2nc(-c3cc(F)c4cc(C5CCNCC5)nnc4c3)cc(CCO)c2n1. The Kier molecular flexibility index (Phi) is 11.9. The summed E-state index contributed by atoms with van der Waals surface area (Å²) in [5.74, 6) is -0.0211. The van der Waals surface area contributed by atoms with Crippen LogP contribution in [0.1, 0.15) is 78.3 Å². The lowest BCUT2D eigenvalue weighted by Crippen LogP contribution is -2.32. The van der Waals surface area contributed by atoms with Crippen LogP contribution in [0.5, 0.6) is 0 Å². The number of fused-ring (bicyclic) bond motifs is 4. The van der Waals surface area contributed by atoms with Crippen LogP contribution >= 0.6 is 0 Å². The number of nitrogens with one attached hydrogen (secondary N) is 1. The van der Waals surface area contributed by atoms with Gasteiger partial charge in [-0.05, 0) is 134 Å². The van der Waals surface area contributed by atoms with Gasteiger partial charge in [0.25, 0.3) is 0 Å². The second kappa shape index (κ2) is 17.8. The molecule has 10 rings (SSSR count). The molecule has 8 heterocycles. The highest BCUT2D eigenvalue weighted by Crippen LogP contribution is 2.32. The van der Waals surface area contributed by atoms with E-state index in [9.17, 15) is 10.2 Å². The number of hydrogen-bond acceptors (Lipinski definition) is 12. The highest BCUT2D eigenvalue weighted by atomic mass is 19.1. The molecule has 2 aliphatic heterocycles. The molecule has 2 saturated heterocycles. The third kappa shape index (κ3) is 8.47. The van der Waals surface area contributed by atoms with Crippen molar-refractivity contribution in [3.05, 3.63) is 106 Å². The molecule has 0 unspecified atom stereocenters. The van der Waals surface area contributed by atoms with Crippen LogP contribution in [0.15, 0.2) is 60.9 Å². The molecule has 0 aliphatic carbocycles. The fraction of sp³-hybridized carbons (Fsp3) is 0.391. The van der Waals surface area contributed by atoms with Gasteiger partial charge in [-0.2, -0.15) is 30.6 Å². The smallest absolute Gasteiger partial charge is 0.157 e. The molecule has 6 aromatic heterocycles. The Morgan fingerprint density at radius 1 is 0.629 bits per heavy atom. The number of aliphatic hydroxyl groups is 2. The van der Waals surface area contributed by atoms with Gasteiger partial charge < -0.3 is 20.4 Å². The molecule has 0 radical (unpaired) electrons. The summed E-state index contributed by atoms with van der Waals surface area (Å²) in [6.07, 6.45) is 8.57. The predicted octanol–water partition coefficient (Wildman–Crippen LogP) is 6.31. The summed E-state index contributed by atoms with van der Waals surface area (Å²) >= 11 is 0. The maximum absolute atomic E-state index is 15.2. The van der Waals surface area contributed by atoms with Crippen molar-refractivity contribution >= 4 is 33.1 Å². The number of aliphatic hydroxyl groups excluding tert-OH is 2. The number of hydrogen-bond donors (Lipinski definition) is 3. The zero-order valence-corrected chi connectivity index (χ0v) is 35.2. The molecular weight excluding hydrogens is 791 g/mol. The Morgan fingerprint density at radius 3 is 1.55 bits per heavy atom.